The number of alkyl halides is 12. The Kier molecular flexibility index (Phi) is 6.63. The summed E-state index contributed by atoms with van der Waals surface area (Å²) in [6.45, 7) is -3.44. The van der Waals surface area contributed by atoms with E-state index in [0.717, 1.165) is 0 Å². The summed E-state index contributed by atoms with van der Waals surface area (Å²) in [6.07, 6.45) is -28.7. The predicted octanol–water partition coefficient (Wildman–Crippen LogP) is 5.16. The SMILES string of the molecule is FC(F)(F)C(OCC1CO1)(c1ccccc1C(OCC1CO1)(C(F)(F)F)C(F)(F)F)C(F)(F)F. The average Bonchev–Trinajstić information content (AvgIpc) is 3.54. The van der Waals surface area contributed by atoms with Gasteiger partial charge < -0.3 is 18.9 Å². The van der Waals surface area contributed by atoms with Crippen molar-refractivity contribution in [2.45, 2.75) is 48.1 Å². The molecule has 0 aromatic heterocycles. The van der Waals surface area contributed by atoms with Gasteiger partial charge in [-0.05, 0) is 0 Å². The summed E-state index contributed by atoms with van der Waals surface area (Å²) < 4.78 is 185. The van der Waals surface area contributed by atoms with Crippen molar-refractivity contribution in [1.82, 2.24) is 0 Å². The molecule has 0 radical (unpaired) electrons. The summed E-state index contributed by atoms with van der Waals surface area (Å²) in [6, 6.07) is 0.522. The molecule has 0 saturated carbocycles. The smallest absolute Gasteiger partial charge is 0.371 e. The third-order valence-corrected chi connectivity index (χ3v) is 5.06. The van der Waals surface area contributed by atoms with Gasteiger partial charge in [-0.3, -0.25) is 0 Å². The molecule has 2 saturated heterocycles. The Morgan fingerprint density at radius 2 is 0.853 bits per heavy atom. The molecule has 4 nitrogen and oxygen atoms in total. The van der Waals surface area contributed by atoms with Crippen LogP contribution < -0.4 is 0 Å². The standard InChI is InChI=1S/C18H14F12O4/c19-15(20,21)13(16(22,23)24,33-7-9-5-31-9)11-3-1-2-4-12(11)14(17(25,26)27,18(28,29)30)34-8-10-6-32-10/h1-4,9-10H,5-8H2. The van der Waals surface area contributed by atoms with E-state index < -0.39 is 72.5 Å². The molecule has 2 aliphatic heterocycles. The highest BCUT2D eigenvalue weighted by Gasteiger charge is 2.79. The number of rotatable bonds is 8. The van der Waals surface area contributed by atoms with Gasteiger partial charge in [0.25, 0.3) is 11.2 Å². The number of ether oxygens (including phenoxy) is 4. The fourth-order valence-electron chi connectivity index (χ4n) is 3.28. The number of epoxide rings is 2. The fraction of sp³-hybridized carbons (Fsp3) is 0.667. The highest BCUT2D eigenvalue weighted by atomic mass is 19.4. The molecule has 0 bridgehead atoms. The lowest BCUT2D eigenvalue weighted by molar-refractivity contribution is -0.401. The minimum absolute atomic E-state index is 0.159. The molecule has 3 rings (SSSR count). The van der Waals surface area contributed by atoms with Crippen LogP contribution in [-0.2, 0) is 30.1 Å². The van der Waals surface area contributed by atoms with Gasteiger partial charge in [-0.15, -0.1) is 0 Å². The van der Waals surface area contributed by atoms with Crippen molar-refractivity contribution in [3.63, 3.8) is 0 Å². The normalized spacial score (nSPS) is 22.1. The molecule has 2 heterocycles. The summed E-state index contributed by atoms with van der Waals surface area (Å²) >= 11 is 0. The Balaban J connectivity index is 2.34. The van der Waals surface area contributed by atoms with Crippen LogP contribution >= 0.6 is 0 Å². The van der Waals surface area contributed by atoms with Crippen LogP contribution in [0.1, 0.15) is 11.1 Å². The summed E-state index contributed by atoms with van der Waals surface area (Å²) in [5.74, 6) is 0. The molecule has 0 N–H and O–H groups in total. The Bertz CT molecular complexity index is 766. The minimum Gasteiger partial charge on any atom is -0.371 e. The van der Waals surface area contributed by atoms with Crippen molar-refractivity contribution in [2.75, 3.05) is 26.4 Å². The average molecular weight is 522 g/mol. The lowest BCUT2D eigenvalue weighted by Crippen LogP contribution is -2.61. The Morgan fingerprint density at radius 3 is 1.06 bits per heavy atom. The molecule has 194 valence electrons. The molecule has 2 unspecified atom stereocenters. The summed E-state index contributed by atoms with van der Waals surface area (Å²) in [4.78, 5) is 0. The molecule has 0 spiro atoms. The van der Waals surface area contributed by atoms with Gasteiger partial charge in [0.05, 0.1) is 26.4 Å². The van der Waals surface area contributed by atoms with Gasteiger partial charge in [0, 0.05) is 11.1 Å². The summed E-state index contributed by atoms with van der Waals surface area (Å²) in [5, 5.41) is 0. The van der Waals surface area contributed by atoms with Gasteiger partial charge in [0.15, 0.2) is 0 Å². The van der Waals surface area contributed by atoms with Crippen LogP contribution in [0.4, 0.5) is 52.7 Å². The second-order valence-corrected chi connectivity index (χ2v) is 7.43. The quantitative estimate of drug-likeness (QED) is 0.350. The zero-order valence-electron chi connectivity index (χ0n) is 16.5. The molecular formula is C18H14F12O4. The van der Waals surface area contributed by atoms with E-state index in [1.54, 1.807) is 0 Å². The Morgan fingerprint density at radius 1 is 0.588 bits per heavy atom. The van der Waals surface area contributed by atoms with Crippen molar-refractivity contribution in [3.05, 3.63) is 35.4 Å². The molecule has 16 heteroatoms. The van der Waals surface area contributed by atoms with E-state index >= 15 is 0 Å². The second-order valence-electron chi connectivity index (χ2n) is 7.43. The van der Waals surface area contributed by atoms with Gasteiger partial charge in [0.1, 0.15) is 12.2 Å². The van der Waals surface area contributed by atoms with E-state index in [-0.39, 0.29) is 25.3 Å². The van der Waals surface area contributed by atoms with Crippen molar-refractivity contribution in [2.24, 2.45) is 0 Å². The highest BCUT2D eigenvalue weighted by molar-refractivity contribution is 5.42. The molecule has 34 heavy (non-hydrogen) atoms. The van der Waals surface area contributed by atoms with E-state index in [4.69, 9.17) is 0 Å². The molecular weight excluding hydrogens is 508 g/mol. The van der Waals surface area contributed by atoms with Gasteiger partial charge in [-0.1, -0.05) is 24.3 Å². The molecule has 0 aliphatic carbocycles. The number of halogens is 12. The third-order valence-electron chi connectivity index (χ3n) is 5.06. The van der Waals surface area contributed by atoms with Gasteiger partial charge in [-0.2, -0.15) is 52.7 Å². The van der Waals surface area contributed by atoms with E-state index in [9.17, 15) is 52.7 Å². The van der Waals surface area contributed by atoms with Crippen LogP contribution in [-0.4, -0.2) is 63.3 Å². The maximum Gasteiger partial charge on any atom is 0.430 e. The summed E-state index contributed by atoms with van der Waals surface area (Å²) in [5.41, 5.74) is -16.1. The Labute approximate surface area is 182 Å². The van der Waals surface area contributed by atoms with Crippen LogP contribution in [0.5, 0.6) is 0 Å². The first-order chi connectivity index (χ1) is 15.4. The first kappa shape index (κ1) is 26.8. The van der Waals surface area contributed by atoms with Crippen LogP contribution in [0.25, 0.3) is 0 Å². The van der Waals surface area contributed by atoms with Crippen LogP contribution in [0.2, 0.25) is 0 Å². The monoisotopic (exact) mass is 522 g/mol. The molecule has 1 aromatic carbocycles. The lowest BCUT2D eigenvalue weighted by Gasteiger charge is -2.43. The first-order valence-corrected chi connectivity index (χ1v) is 9.26. The van der Waals surface area contributed by atoms with Crippen LogP contribution in [0.3, 0.4) is 0 Å². The van der Waals surface area contributed by atoms with E-state index in [0.29, 0.717) is 12.1 Å². The van der Waals surface area contributed by atoms with Crippen molar-refractivity contribution in [3.8, 4) is 0 Å². The number of benzene rings is 1. The molecule has 1 aromatic rings. The zero-order valence-corrected chi connectivity index (χ0v) is 16.5. The van der Waals surface area contributed by atoms with Crippen molar-refractivity contribution >= 4 is 0 Å². The zero-order chi connectivity index (χ0) is 25.8. The maximum atomic E-state index is 14.0. The largest absolute Gasteiger partial charge is 0.430 e. The highest BCUT2D eigenvalue weighted by Crippen LogP contribution is 2.60. The molecule has 2 atom stereocenters. The fourth-order valence-corrected chi connectivity index (χ4v) is 3.28. The number of hydrogen-bond donors (Lipinski definition) is 0. The van der Waals surface area contributed by atoms with Crippen molar-refractivity contribution in [1.29, 1.82) is 0 Å². The molecule has 0 amide bonds. The molecule has 2 aliphatic rings. The predicted molar refractivity (Wildman–Crippen MR) is 85.4 cm³/mol. The van der Waals surface area contributed by atoms with Crippen LogP contribution in [0.15, 0.2) is 24.3 Å². The number of hydrogen-bond acceptors (Lipinski definition) is 4. The third kappa shape index (κ3) is 4.56. The van der Waals surface area contributed by atoms with E-state index in [1.165, 1.54) is 0 Å². The topological polar surface area (TPSA) is 43.5 Å². The van der Waals surface area contributed by atoms with E-state index in [1.807, 2.05) is 0 Å². The molecule has 2 fully saturated rings. The van der Waals surface area contributed by atoms with Gasteiger partial charge >= 0.3 is 24.7 Å². The van der Waals surface area contributed by atoms with Crippen LogP contribution in [0, 0.1) is 0 Å². The summed E-state index contributed by atoms with van der Waals surface area (Å²) in [7, 11) is 0. The van der Waals surface area contributed by atoms with Gasteiger partial charge in [0.2, 0.25) is 0 Å². The maximum absolute atomic E-state index is 14.0. The second kappa shape index (κ2) is 8.41. The van der Waals surface area contributed by atoms with Gasteiger partial charge in [-0.25, -0.2) is 0 Å². The van der Waals surface area contributed by atoms with Crippen molar-refractivity contribution < 1.29 is 71.6 Å². The lowest BCUT2D eigenvalue weighted by atomic mass is 9.79. The Hall–Kier alpha value is -1.78. The first-order valence-electron chi connectivity index (χ1n) is 9.26. The minimum atomic E-state index is -6.54. The van der Waals surface area contributed by atoms with E-state index in [2.05, 4.69) is 18.9 Å².